The summed E-state index contributed by atoms with van der Waals surface area (Å²) < 4.78 is 12.4. The minimum atomic E-state index is -1.14. The van der Waals surface area contributed by atoms with E-state index in [2.05, 4.69) is 31.4 Å². The zero-order valence-electron chi connectivity index (χ0n) is 26.0. The van der Waals surface area contributed by atoms with E-state index < -0.39 is 40.7 Å². The first-order valence-electron chi connectivity index (χ1n) is 15.2. The van der Waals surface area contributed by atoms with Crippen molar-refractivity contribution in [1.29, 1.82) is 0 Å². The summed E-state index contributed by atoms with van der Waals surface area (Å²) in [5, 5.41) is 16.5. The first kappa shape index (κ1) is 31.3. The summed E-state index contributed by atoms with van der Waals surface area (Å²) in [5.74, 6) is -1.75. The number of likely N-dealkylation sites (tertiary alicyclic amines) is 1. The second-order valence-corrected chi connectivity index (χ2v) is 13.9. The fourth-order valence-corrected chi connectivity index (χ4v) is 7.95. The smallest absolute Gasteiger partial charge is 0.246 e. The molecule has 3 fully saturated rings. The minimum absolute atomic E-state index is 0.0293. The summed E-state index contributed by atoms with van der Waals surface area (Å²) in [4.78, 5) is 44.1. The molecule has 9 heteroatoms. The number of nitrogens with zero attached hydrogens (tertiary/aromatic N) is 1. The largest absolute Gasteiger partial charge is 0.494 e. The maximum absolute atomic E-state index is 14.3. The van der Waals surface area contributed by atoms with Crippen LogP contribution in [0, 0.1) is 17.3 Å². The number of amides is 3. The summed E-state index contributed by atoms with van der Waals surface area (Å²) in [6.45, 7) is 16.4. The van der Waals surface area contributed by atoms with Crippen LogP contribution in [0.4, 0.5) is 5.69 Å². The number of carbonyl (C=O) groups excluding carboxylic acids is 3. The van der Waals surface area contributed by atoms with Crippen molar-refractivity contribution < 1.29 is 29.0 Å². The maximum Gasteiger partial charge on any atom is 0.246 e. The van der Waals surface area contributed by atoms with Crippen molar-refractivity contribution in [2.45, 2.75) is 116 Å². The normalized spacial score (nSPS) is 29.8. The summed E-state index contributed by atoms with van der Waals surface area (Å²) >= 11 is 0. The number of fused-ring (bicyclic) bond motifs is 1. The SMILES string of the molecule is CCOc1ccc(NC(=O)[C@@H]2[C@H]3C(=O)N([C@@H](CC)CO)C(C(=O)NC(C)(C)CC(C)(C)C)C34CC[C@@]2(CC)O4)cc1. The average Bonchev–Trinajstić information content (AvgIpc) is 3.48. The summed E-state index contributed by atoms with van der Waals surface area (Å²) in [6.07, 6.45) is 2.82. The van der Waals surface area contributed by atoms with Gasteiger partial charge in [0.2, 0.25) is 17.7 Å². The van der Waals surface area contributed by atoms with E-state index in [1.165, 1.54) is 4.90 Å². The van der Waals surface area contributed by atoms with Crippen LogP contribution in [0.5, 0.6) is 5.75 Å². The standard InChI is InChI=1S/C32H49N3O6/c1-9-21(18-36)35-25(27(38)34-30(7,8)19-29(4,5)6)32-17-16-31(10-2,41-32)23(24(32)28(35)39)26(37)33-20-12-14-22(15-13-20)40-11-3/h12-15,21,23-25,36H,9-11,16-19H2,1-8H3,(H,33,37)(H,34,38)/t21-,23-,24-,25?,31+,32?/m0/s1. The number of aliphatic hydroxyl groups excluding tert-OH is 1. The number of rotatable bonds is 11. The quantitative estimate of drug-likeness (QED) is 0.365. The van der Waals surface area contributed by atoms with Gasteiger partial charge in [0.15, 0.2) is 0 Å². The molecular formula is C32H49N3O6. The Morgan fingerprint density at radius 1 is 1.10 bits per heavy atom. The molecule has 0 radical (unpaired) electrons. The Morgan fingerprint density at radius 2 is 1.76 bits per heavy atom. The third-order valence-corrected chi connectivity index (χ3v) is 9.09. The molecule has 3 aliphatic heterocycles. The molecule has 41 heavy (non-hydrogen) atoms. The predicted molar refractivity (Wildman–Crippen MR) is 157 cm³/mol. The number of carbonyl (C=O) groups is 3. The van der Waals surface area contributed by atoms with Crippen LogP contribution < -0.4 is 15.4 Å². The van der Waals surface area contributed by atoms with Crippen molar-refractivity contribution in [2.75, 3.05) is 18.5 Å². The summed E-state index contributed by atoms with van der Waals surface area (Å²) in [6, 6.07) is 5.65. The topological polar surface area (TPSA) is 117 Å². The van der Waals surface area contributed by atoms with Crippen LogP contribution in [-0.4, -0.2) is 69.8 Å². The van der Waals surface area contributed by atoms with Gasteiger partial charge >= 0.3 is 0 Å². The van der Waals surface area contributed by atoms with Crippen molar-refractivity contribution in [3.05, 3.63) is 24.3 Å². The molecule has 4 rings (SSSR count). The monoisotopic (exact) mass is 571 g/mol. The molecule has 3 saturated heterocycles. The van der Waals surface area contributed by atoms with Gasteiger partial charge in [-0.3, -0.25) is 14.4 Å². The van der Waals surface area contributed by atoms with Gasteiger partial charge in [-0.25, -0.2) is 0 Å². The van der Waals surface area contributed by atoms with Crippen LogP contribution in [-0.2, 0) is 19.1 Å². The summed E-state index contributed by atoms with van der Waals surface area (Å²) in [7, 11) is 0. The number of benzene rings is 1. The maximum atomic E-state index is 14.3. The number of hydrogen-bond acceptors (Lipinski definition) is 6. The van der Waals surface area contributed by atoms with Gasteiger partial charge in [0.1, 0.15) is 17.4 Å². The van der Waals surface area contributed by atoms with Gasteiger partial charge in [-0.2, -0.15) is 0 Å². The molecule has 1 aromatic carbocycles. The Labute approximate surface area is 244 Å². The molecule has 3 N–H and O–H groups in total. The van der Waals surface area contributed by atoms with E-state index in [-0.39, 0.29) is 29.7 Å². The lowest BCUT2D eigenvalue weighted by atomic mass is 9.65. The predicted octanol–water partition coefficient (Wildman–Crippen LogP) is 4.28. The van der Waals surface area contributed by atoms with Crippen molar-refractivity contribution in [2.24, 2.45) is 17.3 Å². The van der Waals surface area contributed by atoms with Crippen LogP contribution >= 0.6 is 0 Å². The van der Waals surface area contributed by atoms with Gasteiger partial charge in [-0.15, -0.1) is 0 Å². The zero-order chi connectivity index (χ0) is 30.4. The van der Waals surface area contributed by atoms with E-state index in [1.807, 2.05) is 34.6 Å². The molecule has 3 aliphatic rings. The lowest BCUT2D eigenvalue weighted by Crippen LogP contribution is -2.61. The molecule has 3 amide bonds. The van der Waals surface area contributed by atoms with E-state index in [1.54, 1.807) is 24.3 Å². The van der Waals surface area contributed by atoms with Gasteiger partial charge in [0.05, 0.1) is 36.7 Å². The highest BCUT2D eigenvalue weighted by atomic mass is 16.5. The third kappa shape index (κ3) is 5.59. The fourth-order valence-electron chi connectivity index (χ4n) is 7.95. The average molecular weight is 572 g/mol. The molecule has 0 aromatic heterocycles. The van der Waals surface area contributed by atoms with Crippen LogP contribution in [0.3, 0.4) is 0 Å². The van der Waals surface area contributed by atoms with Crippen LogP contribution in [0.1, 0.15) is 87.5 Å². The van der Waals surface area contributed by atoms with Crippen LogP contribution in [0.15, 0.2) is 24.3 Å². The van der Waals surface area contributed by atoms with E-state index in [9.17, 15) is 19.5 Å². The molecule has 0 saturated carbocycles. The molecule has 3 heterocycles. The van der Waals surface area contributed by atoms with Gasteiger partial charge in [-0.05, 0) is 82.6 Å². The van der Waals surface area contributed by atoms with Crippen molar-refractivity contribution >= 4 is 23.4 Å². The molecular weight excluding hydrogens is 522 g/mol. The number of aliphatic hydroxyl groups is 1. The first-order valence-corrected chi connectivity index (χ1v) is 15.2. The van der Waals surface area contributed by atoms with Crippen molar-refractivity contribution in [1.82, 2.24) is 10.2 Å². The molecule has 9 nitrogen and oxygen atoms in total. The minimum Gasteiger partial charge on any atom is -0.494 e. The lowest BCUT2D eigenvalue weighted by molar-refractivity contribution is -0.151. The van der Waals surface area contributed by atoms with Crippen molar-refractivity contribution in [3.8, 4) is 5.75 Å². The number of hydrogen-bond donors (Lipinski definition) is 3. The first-order chi connectivity index (χ1) is 19.2. The molecule has 1 aromatic rings. The molecule has 6 atom stereocenters. The molecule has 1 spiro atoms. The van der Waals surface area contributed by atoms with Crippen LogP contribution in [0.25, 0.3) is 0 Å². The Morgan fingerprint density at radius 3 is 2.29 bits per heavy atom. The number of ether oxygens (including phenoxy) is 2. The highest BCUT2D eigenvalue weighted by Crippen LogP contribution is 2.64. The van der Waals surface area contributed by atoms with Crippen LogP contribution in [0.2, 0.25) is 0 Å². The van der Waals surface area contributed by atoms with E-state index in [0.717, 1.165) is 6.42 Å². The van der Waals surface area contributed by atoms with Gasteiger partial charge < -0.3 is 30.1 Å². The van der Waals surface area contributed by atoms with Gasteiger partial charge in [0.25, 0.3) is 0 Å². The highest BCUT2D eigenvalue weighted by molar-refractivity contribution is 6.02. The Bertz CT molecular complexity index is 1140. The third-order valence-electron chi connectivity index (χ3n) is 9.09. The number of anilines is 1. The Kier molecular flexibility index (Phi) is 8.56. The molecule has 0 aliphatic carbocycles. The second-order valence-electron chi connectivity index (χ2n) is 13.9. The van der Waals surface area contributed by atoms with Gasteiger partial charge in [-0.1, -0.05) is 34.6 Å². The van der Waals surface area contributed by atoms with E-state index in [4.69, 9.17) is 9.47 Å². The summed E-state index contributed by atoms with van der Waals surface area (Å²) in [5.41, 5.74) is -1.95. The van der Waals surface area contributed by atoms with Crippen molar-refractivity contribution in [3.63, 3.8) is 0 Å². The highest BCUT2D eigenvalue weighted by Gasteiger charge is 2.79. The molecule has 2 bridgehead atoms. The molecule has 228 valence electrons. The Balaban J connectivity index is 1.71. The lowest BCUT2D eigenvalue weighted by Gasteiger charge is -2.40. The van der Waals surface area contributed by atoms with E-state index in [0.29, 0.717) is 43.7 Å². The second kappa shape index (κ2) is 11.2. The molecule has 2 unspecified atom stereocenters. The zero-order valence-corrected chi connectivity index (χ0v) is 26.0. The van der Waals surface area contributed by atoms with Gasteiger partial charge in [0, 0.05) is 11.2 Å². The van der Waals surface area contributed by atoms with E-state index >= 15 is 0 Å². The fraction of sp³-hybridized carbons (Fsp3) is 0.719. The number of nitrogens with one attached hydrogen (secondary N) is 2. The Hall–Kier alpha value is -2.65.